The highest BCUT2D eigenvalue weighted by molar-refractivity contribution is 14.1. The summed E-state index contributed by atoms with van der Waals surface area (Å²) in [4.78, 5) is 0. The third-order valence-corrected chi connectivity index (χ3v) is 4.27. The monoisotopic (exact) mass is 423 g/mol. The number of halogens is 3. The quantitative estimate of drug-likeness (QED) is 0.768. The van der Waals surface area contributed by atoms with Crippen molar-refractivity contribution in [1.29, 1.82) is 0 Å². The number of hydrogen-bond donors (Lipinski definition) is 1. The van der Waals surface area contributed by atoms with Crippen LogP contribution in [-0.4, -0.2) is 9.78 Å². The average Bonchev–Trinajstić information content (AvgIpc) is 2.69. The van der Waals surface area contributed by atoms with E-state index in [0.29, 0.717) is 0 Å². The molecule has 3 nitrogen and oxygen atoms in total. The van der Waals surface area contributed by atoms with Crippen LogP contribution in [0.4, 0.5) is 4.39 Å². The predicted molar refractivity (Wildman–Crippen MR) is 80.7 cm³/mol. The smallest absolute Gasteiger partial charge is 0.124 e. The van der Waals surface area contributed by atoms with E-state index in [9.17, 15) is 4.39 Å². The molecular formula is C12H12BrFIN3. The maximum Gasteiger partial charge on any atom is 0.124 e. The molecule has 0 bridgehead atoms. The van der Waals surface area contributed by atoms with Crippen LogP contribution in [0.25, 0.3) is 0 Å². The van der Waals surface area contributed by atoms with Crippen molar-refractivity contribution < 1.29 is 4.39 Å². The lowest BCUT2D eigenvalue weighted by Gasteiger charge is -2.16. The zero-order valence-electron chi connectivity index (χ0n) is 9.70. The van der Waals surface area contributed by atoms with Gasteiger partial charge in [0.15, 0.2) is 0 Å². The number of nitrogens with zero attached hydrogens (tertiary/aromatic N) is 2. The molecule has 0 aliphatic carbocycles. The highest BCUT2D eigenvalue weighted by atomic mass is 127. The van der Waals surface area contributed by atoms with Gasteiger partial charge in [0.2, 0.25) is 0 Å². The van der Waals surface area contributed by atoms with E-state index < -0.39 is 0 Å². The molecule has 6 heteroatoms. The summed E-state index contributed by atoms with van der Waals surface area (Å²) < 4.78 is 16.6. The van der Waals surface area contributed by atoms with E-state index >= 15 is 0 Å². The molecule has 0 radical (unpaired) electrons. The maximum absolute atomic E-state index is 13.1. The van der Waals surface area contributed by atoms with Crippen molar-refractivity contribution in [2.24, 2.45) is 5.73 Å². The van der Waals surface area contributed by atoms with Gasteiger partial charge in [-0.25, -0.2) is 4.39 Å². The molecule has 1 aromatic heterocycles. The fraction of sp³-hybridized carbons (Fsp3) is 0.250. The Kier molecular flexibility index (Phi) is 4.39. The first kappa shape index (κ1) is 14.0. The fourth-order valence-electron chi connectivity index (χ4n) is 1.83. The van der Waals surface area contributed by atoms with Crippen LogP contribution in [0.15, 0.2) is 28.9 Å². The third-order valence-electron chi connectivity index (χ3n) is 2.72. The third kappa shape index (κ3) is 2.60. The van der Waals surface area contributed by atoms with Crippen molar-refractivity contribution in [3.63, 3.8) is 0 Å². The fourth-order valence-corrected chi connectivity index (χ4v) is 3.19. The van der Waals surface area contributed by atoms with Crippen molar-refractivity contribution in [3.8, 4) is 0 Å². The number of nitrogens with two attached hydrogens (primary N) is 1. The zero-order chi connectivity index (χ0) is 13.3. The Morgan fingerprint density at radius 2 is 2.28 bits per heavy atom. The van der Waals surface area contributed by atoms with Gasteiger partial charge in [-0.1, -0.05) is 6.07 Å². The lowest BCUT2D eigenvalue weighted by Crippen LogP contribution is -2.18. The van der Waals surface area contributed by atoms with Gasteiger partial charge in [0.05, 0.1) is 22.4 Å². The van der Waals surface area contributed by atoms with Gasteiger partial charge in [0.1, 0.15) is 5.82 Å². The SMILES string of the molecule is CCn1ncc(Br)c1C(N)c1ccc(F)cc1I. The van der Waals surface area contributed by atoms with E-state index in [1.165, 1.54) is 12.1 Å². The normalized spacial score (nSPS) is 12.7. The minimum atomic E-state index is -0.325. The molecule has 2 N–H and O–H groups in total. The lowest BCUT2D eigenvalue weighted by molar-refractivity contribution is 0.596. The molecule has 0 spiro atoms. The molecule has 1 heterocycles. The summed E-state index contributed by atoms with van der Waals surface area (Å²) in [5.74, 6) is -0.251. The van der Waals surface area contributed by atoms with Gasteiger partial charge in [-0.3, -0.25) is 4.68 Å². The number of benzene rings is 1. The number of hydrogen-bond acceptors (Lipinski definition) is 2. The summed E-state index contributed by atoms with van der Waals surface area (Å²) in [5.41, 5.74) is 8.07. The Morgan fingerprint density at radius 3 is 2.89 bits per heavy atom. The van der Waals surface area contributed by atoms with Crippen molar-refractivity contribution in [3.05, 3.63) is 49.5 Å². The largest absolute Gasteiger partial charge is 0.319 e. The van der Waals surface area contributed by atoms with Crippen LogP contribution in [-0.2, 0) is 6.54 Å². The molecule has 0 fully saturated rings. The molecule has 0 amide bonds. The summed E-state index contributed by atoms with van der Waals surface area (Å²) in [7, 11) is 0. The van der Waals surface area contributed by atoms with Crippen LogP contribution in [0.5, 0.6) is 0 Å². The van der Waals surface area contributed by atoms with Gasteiger partial charge in [-0.15, -0.1) is 0 Å². The van der Waals surface area contributed by atoms with E-state index in [1.54, 1.807) is 12.3 Å². The summed E-state index contributed by atoms with van der Waals surface area (Å²) in [6.07, 6.45) is 1.73. The molecule has 0 aliphatic heterocycles. The highest BCUT2D eigenvalue weighted by Crippen LogP contribution is 2.29. The van der Waals surface area contributed by atoms with Crippen LogP contribution in [0.2, 0.25) is 0 Å². The van der Waals surface area contributed by atoms with Crippen molar-refractivity contribution in [2.45, 2.75) is 19.5 Å². The highest BCUT2D eigenvalue weighted by Gasteiger charge is 2.19. The summed E-state index contributed by atoms with van der Waals surface area (Å²) >= 11 is 5.55. The van der Waals surface area contributed by atoms with Crippen LogP contribution in [0.3, 0.4) is 0 Å². The molecule has 0 saturated carbocycles. The predicted octanol–water partition coefficient (Wildman–Crippen LogP) is 3.46. The second kappa shape index (κ2) is 5.66. The summed E-state index contributed by atoms with van der Waals surface area (Å²) in [6.45, 7) is 2.75. The first-order chi connectivity index (χ1) is 8.54. The topological polar surface area (TPSA) is 43.8 Å². The molecule has 96 valence electrons. The second-order valence-corrected chi connectivity index (χ2v) is 5.85. The van der Waals surface area contributed by atoms with E-state index in [0.717, 1.165) is 25.8 Å². The summed E-state index contributed by atoms with van der Waals surface area (Å²) in [6, 6.07) is 4.31. The molecule has 0 aliphatic rings. The van der Waals surface area contributed by atoms with Gasteiger partial charge in [0, 0.05) is 10.1 Å². The first-order valence-corrected chi connectivity index (χ1v) is 7.33. The van der Waals surface area contributed by atoms with Gasteiger partial charge in [-0.05, 0) is 63.1 Å². The molecule has 1 atom stereocenters. The van der Waals surface area contributed by atoms with Gasteiger partial charge in [0.25, 0.3) is 0 Å². The number of aryl methyl sites for hydroxylation is 1. The minimum Gasteiger partial charge on any atom is -0.319 e. The molecule has 2 rings (SSSR count). The van der Waals surface area contributed by atoms with E-state index in [1.807, 2.05) is 11.6 Å². The molecule has 2 aromatic rings. The molecular weight excluding hydrogens is 412 g/mol. The van der Waals surface area contributed by atoms with Gasteiger partial charge in [-0.2, -0.15) is 5.10 Å². The van der Waals surface area contributed by atoms with Crippen LogP contribution >= 0.6 is 38.5 Å². The second-order valence-electron chi connectivity index (χ2n) is 3.84. The van der Waals surface area contributed by atoms with Crippen molar-refractivity contribution in [2.75, 3.05) is 0 Å². The van der Waals surface area contributed by atoms with E-state index in [4.69, 9.17) is 5.73 Å². The van der Waals surface area contributed by atoms with Crippen molar-refractivity contribution in [1.82, 2.24) is 9.78 Å². The number of aromatic nitrogens is 2. The molecule has 1 aromatic carbocycles. The van der Waals surface area contributed by atoms with Crippen molar-refractivity contribution >= 4 is 38.5 Å². The van der Waals surface area contributed by atoms with Gasteiger partial charge >= 0.3 is 0 Å². The van der Waals surface area contributed by atoms with E-state index in [-0.39, 0.29) is 11.9 Å². The Balaban J connectivity index is 2.47. The zero-order valence-corrected chi connectivity index (χ0v) is 13.4. The van der Waals surface area contributed by atoms with Crippen LogP contribution < -0.4 is 5.73 Å². The Bertz CT molecular complexity index is 570. The van der Waals surface area contributed by atoms with E-state index in [2.05, 4.69) is 43.6 Å². The molecule has 1 unspecified atom stereocenters. The lowest BCUT2D eigenvalue weighted by atomic mass is 10.0. The maximum atomic E-state index is 13.1. The number of rotatable bonds is 3. The summed E-state index contributed by atoms with van der Waals surface area (Å²) in [5, 5.41) is 4.24. The standard InChI is InChI=1S/C12H12BrFIN3/c1-2-18-12(9(13)6-17-18)11(16)8-4-3-7(14)5-10(8)15/h3-6,11H,2,16H2,1H3. The first-order valence-electron chi connectivity index (χ1n) is 5.46. The van der Waals surface area contributed by atoms with Crippen LogP contribution in [0.1, 0.15) is 24.2 Å². The Labute approximate surface area is 127 Å². The Morgan fingerprint density at radius 1 is 1.56 bits per heavy atom. The molecule has 18 heavy (non-hydrogen) atoms. The Hall–Kier alpha value is -0.470. The van der Waals surface area contributed by atoms with Gasteiger partial charge < -0.3 is 5.73 Å². The average molecular weight is 424 g/mol. The van der Waals surface area contributed by atoms with Crippen LogP contribution in [0, 0.1) is 9.39 Å². The minimum absolute atomic E-state index is 0.251. The molecule has 0 saturated heterocycles.